The summed E-state index contributed by atoms with van der Waals surface area (Å²) in [6, 6.07) is 16.2. The van der Waals surface area contributed by atoms with Gasteiger partial charge in [-0.25, -0.2) is 0 Å². The van der Waals surface area contributed by atoms with E-state index in [9.17, 15) is 4.79 Å². The van der Waals surface area contributed by atoms with Crippen LogP contribution in [0.2, 0.25) is 0 Å². The van der Waals surface area contributed by atoms with Gasteiger partial charge in [0.05, 0.1) is 0 Å². The van der Waals surface area contributed by atoms with Crippen LogP contribution in [0.1, 0.15) is 34.0 Å². The van der Waals surface area contributed by atoms with Crippen molar-refractivity contribution in [2.45, 2.75) is 20.3 Å². The van der Waals surface area contributed by atoms with Gasteiger partial charge in [0.15, 0.2) is 5.78 Å². The Morgan fingerprint density at radius 3 is 2.53 bits per heavy atom. The van der Waals surface area contributed by atoms with Crippen molar-refractivity contribution in [3.63, 3.8) is 0 Å². The molecular weight excluding hydrogens is 232 g/mol. The van der Waals surface area contributed by atoms with E-state index < -0.39 is 0 Å². The highest BCUT2D eigenvalue weighted by Crippen LogP contribution is 2.14. The molecule has 0 aromatic heterocycles. The summed E-state index contributed by atoms with van der Waals surface area (Å²) in [6.45, 7) is 3.67. The fraction of sp³-hybridized carbons (Fsp3) is 0.167. The number of carbonyl (C=O) groups is 1. The summed E-state index contributed by atoms with van der Waals surface area (Å²) in [5.74, 6) is 0.128. The molecule has 2 aromatic rings. The van der Waals surface area contributed by atoms with E-state index >= 15 is 0 Å². The molecule has 0 atom stereocenters. The van der Waals surface area contributed by atoms with Gasteiger partial charge in [0, 0.05) is 5.56 Å². The Morgan fingerprint density at radius 1 is 1.11 bits per heavy atom. The molecule has 0 aliphatic rings. The molecule has 0 spiro atoms. The fourth-order valence-corrected chi connectivity index (χ4v) is 2.12. The zero-order chi connectivity index (χ0) is 13.7. The maximum Gasteiger partial charge on any atom is 0.160 e. The van der Waals surface area contributed by atoms with Crippen LogP contribution in [0.25, 0.3) is 6.08 Å². The van der Waals surface area contributed by atoms with E-state index in [-0.39, 0.29) is 5.78 Å². The quantitative estimate of drug-likeness (QED) is 0.732. The molecule has 0 unspecified atom stereocenters. The standard InChI is InChI=1S/C18H18O/c1-14-11-12-18(15(2)19)17(13-14)10-6-9-16-7-4-3-5-8-16/h3-9,11-13H,10H2,1-2H3/b9-6+. The second kappa shape index (κ2) is 6.14. The molecule has 1 heteroatoms. The van der Waals surface area contributed by atoms with Crippen LogP contribution in [0.4, 0.5) is 0 Å². The van der Waals surface area contributed by atoms with Gasteiger partial charge < -0.3 is 0 Å². The topological polar surface area (TPSA) is 17.1 Å². The van der Waals surface area contributed by atoms with Gasteiger partial charge >= 0.3 is 0 Å². The highest BCUT2D eigenvalue weighted by molar-refractivity contribution is 5.95. The van der Waals surface area contributed by atoms with E-state index in [1.807, 2.05) is 37.3 Å². The maximum atomic E-state index is 11.6. The molecule has 0 aliphatic carbocycles. The Kier molecular flexibility index (Phi) is 4.30. The van der Waals surface area contributed by atoms with Crippen LogP contribution < -0.4 is 0 Å². The summed E-state index contributed by atoms with van der Waals surface area (Å²) >= 11 is 0. The predicted octanol–water partition coefficient (Wildman–Crippen LogP) is 4.45. The number of carbonyl (C=O) groups excluding carboxylic acids is 1. The molecule has 2 aromatic carbocycles. The Balaban J connectivity index is 2.17. The lowest BCUT2D eigenvalue weighted by Crippen LogP contribution is -1.99. The van der Waals surface area contributed by atoms with Crippen LogP contribution in [-0.4, -0.2) is 5.78 Å². The number of hydrogen-bond donors (Lipinski definition) is 0. The zero-order valence-corrected chi connectivity index (χ0v) is 11.4. The van der Waals surface area contributed by atoms with Gasteiger partial charge in [-0.05, 0) is 31.4 Å². The molecule has 19 heavy (non-hydrogen) atoms. The van der Waals surface area contributed by atoms with Crippen LogP contribution in [0, 0.1) is 6.92 Å². The Bertz CT molecular complexity index is 594. The molecule has 0 radical (unpaired) electrons. The van der Waals surface area contributed by atoms with Crippen LogP contribution in [-0.2, 0) is 6.42 Å². The minimum absolute atomic E-state index is 0.128. The average molecular weight is 250 g/mol. The van der Waals surface area contributed by atoms with Gasteiger partial charge in [0.2, 0.25) is 0 Å². The van der Waals surface area contributed by atoms with Gasteiger partial charge in [0.25, 0.3) is 0 Å². The van der Waals surface area contributed by atoms with Crippen molar-refractivity contribution in [2.24, 2.45) is 0 Å². The van der Waals surface area contributed by atoms with Crippen molar-refractivity contribution < 1.29 is 4.79 Å². The summed E-state index contributed by atoms with van der Waals surface area (Å²) in [6.07, 6.45) is 4.98. The number of benzene rings is 2. The first kappa shape index (κ1) is 13.3. The first-order valence-corrected chi connectivity index (χ1v) is 6.49. The number of hydrogen-bond acceptors (Lipinski definition) is 1. The summed E-state index contributed by atoms with van der Waals surface area (Å²) < 4.78 is 0. The zero-order valence-electron chi connectivity index (χ0n) is 11.4. The van der Waals surface area contributed by atoms with Crippen LogP contribution >= 0.6 is 0 Å². The second-order valence-electron chi connectivity index (χ2n) is 4.73. The average Bonchev–Trinajstić information content (AvgIpc) is 2.39. The molecule has 1 nitrogen and oxygen atoms in total. The largest absolute Gasteiger partial charge is 0.295 e. The van der Waals surface area contributed by atoms with Gasteiger partial charge in [0.1, 0.15) is 0 Å². The lowest BCUT2D eigenvalue weighted by atomic mass is 9.99. The monoisotopic (exact) mass is 250 g/mol. The number of allylic oxidation sites excluding steroid dienone is 1. The summed E-state index contributed by atoms with van der Waals surface area (Å²) in [7, 11) is 0. The molecule has 2 rings (SSSR count). The lowest BCUT2D eigenvalue weighted by Gasteiger charge is -2.05. The lowest BCUT2D eigenvalue weighted by molar-refractivity contribution is 0.101. The van der Waals surface area contributed by atoms with Gasteiger partial charge in [-0.1, -0.05) is 66.2 Å². The predicted molar refractivity (Wildman–Crippen MR) is 80.4 cm³/mol. The van der Waals surface area contributed by atoms with Crippen molar-refractivity contribution >= 4 is 11.9 Å². The van der Waals surface area contributed by atoms with Crippen LogP contribution in [0.5, 0.6) is 0 Å². The van der Waals surface area contributed by atoms with Crippen LogP contribution in [0.15, 0.2) is 54.6 Å². The fourth-order valence-electron chi connectivity index (χ4n) is 2.12. The van der Waals surface area contributed by atoms with Crippen LogP contribution in [0.3, 0.4) is 0 Å². The summed E-state index contributed by atoms with van der Waals surface area (Å²) in [5, 5.41) is 0. The van der Waals surface area contributed by atoms with Gasteiger partial charge in [-0.15, -0.1) is 0 Å². The highest BCUT2D eigenvalue weighted by atomic mass is 16.1. The van der Waals surface area contributed by atoms with E-state index in [1.165, 1.54) is 11.1 Å². The molecule has 0 saturated heterocycles. The molecule has 0 N–H and O–H groups in total. The second-order valence-corrected chi connectivity index (χ2v) is 4.73. The van der Waals surface area contributed by atoms with E-state index in [0.29, 0.717) is 0 Å². The normalized spacial score (nSPS) is 10.8. The van der Waals surface area contributed by atoms with E-state index in [2.05, 4.69) is 30.4 Å². The van der Waals surface area contributed by atoms with Crippen molar-refractivity contribution in [1.82, 2.24) is 0 Å². The SMILES string of the molecule is CC(=O)c1ccc(C)cc1C/C=C/c1ccccc1. The number of aryl methyl sites for hydroxylation is 1. The van der Waals surface area contributed by atoms with E-state index in [0.717, 1.165) is 17.5 Å². The van der Waals surface area contributed by atoms with Crippen molar-refractivity contribution in [3.8, 4) is 0 Å². The van der Waals surface area contributed by atoms with Crippen molar-refractivity contribution in [2.75, 3.05) is 0 Å². The molecule has 96 valence electrons. The molecule has 0 aliphatic heterocycles. The number of rotatable bonds is 4. The Labute approximate surface area is 114 Å². The first-order valence-electron chi connectivity index (χ1n) is 6.49. The summed E-state index contributed by atoms with van der Waals surface area (Å²) in [5.41, 5.74) is 4.29. The third-order valence-electron chi connectivity index (χ3n) is 3.09. The first-order chi connectivity index (χ1) is 9.16. The Hall–Kier alpha value is -2.15. The molecular formula is C18H18O. The molecule has 0 bridgehead atoms. The molecule has 0 heterocycles. The van der Waals surface area contributed by atoms with E-state index in [1.54, 1.807) is 6.92 Å². The number of ketones is 1. The molecule has 0 saturated carbocycles. The van der Waals surface area contributed by atoms with E-state index in [4.69, 9.17) is 0 Å². The van der Waals surface area contributed by atoms with Crippen molar-refractivity contribution in [1.29, 1.82) is 0 Å². The smallest absolute Gasteiger partial charge is 0.160 e. The number of Topliss-reactive ketones (excluding diaryl/α,β-unsaturated/α-hetero) is 1. The third kappa shape index (κ3) is 3.65. The highest BCUT2D eigenvalue weighted by Gasteiger charge is 2.05. The maximum absolute atomic E-state index is 11.6. The third-order valence-corrected chi connectivity index (χ3v) is 3.09. The molecule has 0 amide bonds. The van der Waals surface area contributed by atoms with Gasteiger partial charge in [-0.3, -0.25) is 4.79 Å². The Morgan fingerprint density at radius 2 is 1.84 bits per heavy atom. The summed E-state index contributed by atoms with van der Waals surface area (Å²) in [4.78, 5) is 11.6. The van der Waals surface area contributed by atoms with Gasteiger partial charge in [-0.2, -0.15) is 0 Å². The molecule has 0 fully saturated rings. The minimum Gasteiger partial charge on any atom is -0.295 e. The van der Waals surface area contributed by atoms with Crippen molar-refractivity contribution in [3.05, 3.63) is 76.9 Å². The minimum atomic E-state index is 0.128.